The fraction of sp³-hybridized carbons (Fsp3) is 0.471. The minimum atomic E-state index is 0.623. The number of aromatic nitrogens is 2. The first kappa shape index (κ1) is 16.1. The summed E-state index contributed by atoms with van der Waals surface area (Å²) in [6.45, 7) is 8.41. The van der Waals surface area contributed by atoms with Crippen LogP contribution in [0, 0.1) is 5.92 Å². The molecule has 0 amide bonds. The summed E-state index contributed by atoms with van der Waals surface area (Å²) in [6, 6.07) is 10.6. The first-order valence-electron chi connectivity index (χ1n) is 7.63. The molecule has 1 aromatic heterocycles. The highest BCUT2D eigenvalue weighted by atomic mass is 79.9. The lowest BCUT2D eigenvalue weighted by Gasteiger charge is -2.09. The third kappa shape index (κ3) is 4.88. The van der Waals surface area contributed by atoms with Gasteiger partial charge in [-0.3, -0.25) is 0 Å². The predicted octanol–water partition coefficient (Wildman–Crippen LogP) is 4.71. The van der Waals surface area contributed by atoms with Crippen molar-refractivity contribution in [1.29, 1.82) is 0 Å². The topological polar surface area (TPSA) is 29.9 Å². The van der Waals surface area contributed by atoms with Crippen molar-refractivity contribution < 1.29 is 0 Å². The van der Waals surface area contributed by atoms with Gasteiger partial charge in [0.05, 0.1) is 12.2 Å². The van der Waals surface area contributed by atoms with Crippen LogP contribution in [0.5, 0.6) is 0 Å². The van der Waals surface area contributed by atoms with Gasteiger partial charge >= 0.3 is 0 Å². The summed E-state index contributed by atoms with van der Waals surface area (Å²) in [5, 5.41) is 8.25. The van der Waals surface area contributed by atoms with E-state index in [0.29, 0.717) is 5.92 Å². The van der Waals surface area contributed by atoms with Crippen molar-refractivity contribution in [3.63, 3.8) is 0 Å². The van der Waals surface area contributed by atoms with Crippen LogP contribution in [0.1, 0.15) is 38.4 Å². The van der Waals surface area contributed by atoms with Crippen molar-refractivity contribution in [1.82, 2.24) is 9.78 Å². The Morgan fingerprint density at radius 2 is 2.10 bits per heavy atom. The van der Waals surface area contributed by atoms with E-state index in [1.165, 1.54) is 11.3 Å². The molecule has 1 aromatic carbocycles. The smallest absolute Gasteiger partial charge is 0.124 e. The summed E-state index contributed by atoms with van der Waals surface area (Å²) in [6.07, 6.45) is 2.13. The molecule has 0 aliphatic carbocycles. The van der Waals surface area contributed by atoms with Crippen LogP contribution in [0.3, 0.4) is 0 Å². The molecule has 4 heteroatoms. The van der Waals surface area contributed by atoms with Crippen LogP contribution < -0.4 is 5.32 Å². The number of nitrogens with zero attached hydrogens (tertiary/aromatic N) is 2. The van der Waals surface area contributed by atoms with E-state index in [1.54, 1.807) is 0 Å². The molecule has 0 spiro atoms. The van der Waals surface area contributed by atoms with Gasteiger partial charge in [0.15, 0.2) is 0 Å². The summed E-state index contributed by atoms with van der Waals surface area (Å²) in [5.41, 5.74) is 2.42. The molecule has 0 saturated carbocycles. The molecule has 0 fully saturated rings. The molecule has 21 heavy (non-hydrogen) atoms. The number of benzene rings is 1. The Bertz CT molecular complexity index is 575. The Hall–Kier alpha value is -1.29. The van der Waals surface area contributed by atoms with Crippen LogP contribution in [0.25, 0.3) is 0 Å². The van der Waals surface area contributed by atoms with Gasteiger partial charge in [-0.25, -0.2) is 4.68 Å². The molecule has 0 radical (unpaired) electrons. The monoisotopic (exact) mass is 349 g/mol. The predicted molar refractivity (Wildman–Crippen MR) is 92.8 cm³/mol. The van der Waals surface area contributed by atoms with Crippen LogP contribution in [0.2, 0.25) is 0 Å². The van der Waals surface area contributed by atoms with Crippen molar-refractivity contribution in [2.24, 2.45) is 5.92 Å². The minimum Gasteiger partial charge on any atom is -0.370 e. The Morgan fingerprint density at radius 1 is 1.29 bits per heavy atom. The second kappa shape index (κ2) is 7.64. The largest absolute Gasteiger partial charge is 0.370 e. The third-order valence-corrected chi connectivity index (χ3v) is 3.72. The quantitative estimate of drug-likeness (QED) is 0.783. The summed E-state index contributed by atoms with van der Waals surface area (Å²) >= 11 is 3.53. The van der Waals surface area contributed by atoms with Crippen molar-refractivity contribution in [2.75, 3.05) is 11.9 Å². The maximum atomic E-state index is 4.77. The van der Waals surface area contributed by atoms with Crippen LogP contribution >= 0.6 is 15.9 Å². The molecule has 114 valence electrons. The van der Waals surface area contributed by atoms with Gasteiger partial charge in [0.25, 0.3) is 0 Å². The number of nitrogens with one attached hydrogen (secondary N) is 1. The van der Waals surface area contributed by atoms with E-state index in [-0.39, 0.29) is 0 Å². The van der Waals surface area contributed by atoms with E-state index in [1.807, 2.05) is 6.07 Å². The van der Waals surface area contributed by atoms with Gasteiger partial charge < -0.3 is 5.32 Å². The normalized spacial score (nSPS) is 11.1. The summed E-state index contributed by atoms with van der Waals surface area (Å²) in [4.78, 5) is 0. The van der Waals surface area contributed by atoms with E-state index < -0.39 is 0 Å². The van der Waals surface area contributed by atoms with Gasteiger partial charge in [-0.2, -0.15) is 5.10 Å². The number of rotatable bonds is 7. The Morgan fingerprint density at radius 3 is 2.76 bits per heavy atom. The summed E-state index contributed by atoms with van der Waals surface area (Å²) < 4.78 is 3.19. The molecule has 1 heterocycles. The van der Waals surface area contributed by atoms with Crippen LogP contribution in [-0.2, 0) is 13.0 Å². The maximum Gasteiger partial charge on any atom is 0.124 e. The Labute approximate surface area is 135 Å². The average molecular weight is 350 g/mol. The molecule has 1 N–H and O–H groups in total. The molecule has 0 bridgehead atoms. The highest BCUT2D eigenvalue weighted by Gasteiger charge is 2.09. The van der Waals surface area contributed by atoms with Crippen molar-refractivity contribution in [2.45, 2.75) is 40.2 Å². The van der Waals surface area contributed by atoms with Gasteiger partial charge in [0.1, 0.15) is 5.82 Å². The molecule has 0 atom stereocenters. The lowest BCUT2D eigenvalue weighted by molar-refractivity contribution is 0.609. The van der Waals surface area contributed by atoms with Gasteiger partial charge in [-0.05, 0) is 36.5 Å². The van der Waals surface area contributed by atoms with Gasteiger partial charge in [-0.15, -0.1) is 0 Å². The molecular formula is C17H24BrN3. The third-order valence-electron chi connectivity index (χ3n) is 3.23. The highest BCUT2D eigenvalue weighted by molar-refractivity contribution is 9.10. The molecule has 2 rings (SSSR count). The van der Waals surface area contributed by atoms with E-state index in [2.05, 4.69) is 71.0 Å². The molecule has 0 unspecified atom stereocenters. The molecule has 0 saturated heterocycles. The molecular weight excluding hydrogens is 326 g/mol. The van der Waals surface area contributed by atoms with Gasteiger partial charge in [0, 0.05) is 17.1 Å². The first-order valence-corrected chi connectivity index (χ1v) is 8.42. The highest BCUT2D eigenvalue weighted by Crippen LogP contribution is 2.18. The van der Waals surface area contributed by atoms with E-state index in [9.17, 15) is 0 Å². The van der Waals surface area contributed by atoms with Crippen molar-refractivity contribution in [3.8, 4) is 0 Å². The number of hydrogen-bond donors (Lipinski definition) is 1. The van der Waals surface area contributed by atoms with Crippen LogP contribution in [0.15, 0.2) is 34.8 Å². The maximum absolute atomic E-state index is 4.77. The zero-order valence-corrected chi connectivity index (χ0v) is 14.7. The SMILES string of the molecule is CCCNc1cc(CC(C)C)nn1Cc1cccc(Br)c1. The zero-order valence-electron chi connectivity index (χ0n) is 13.1. The minimum absolute atomic E-state index is 0.623. The number of anilines is 1. The summed E-state index contributed by atoms with van der Waals surface area (Å²) in [5.74, 6) is 1.74. The number of hydrogen-bond acceptors (Lipinski definition) is 2. The fourth-order valence-electron chi connectivity index (χ4n) is 2.31. The summed E-state index contributed by atoms with van der Waals surface area (Å²) in [7, 11) is 0. The van der Waals surface area contributed by atoms with Crippen LogP contribution in [-0.4, -0.2) is 16.3 Å². The van der Waals surface area contributed by atoms with Gasteiger partial charge in [-0.1, -0.05) is 48.8 Å². The van der Waals surface area contributed by atoms with Crippen molar-refractivity contribution in [3.05, 3.63) is 46.1 Å². The lowest BCUT2D eigenvalue weighted by Crippen LogP contribution is -2.09. The van der Waals surface area contributed by atoms with Crippen LogP contribution in [0.4, 0.5) is 5.82 Å². The van der Waals surface area contributed by atoms with E-state index in [0.717, 1.165) is 36.2 Å². The first-order chi connectivity index (χ1) is 10.1. The molecule has 3 nitrogen and oxygen atoms in total. The molecule has 0 aliphatic rings. The lowest BCUT2D eigenvalue weighted by atomic mass is 10.1. The number of halogens is 1. The molecule has 0 aliphatic heterocycles. The van der Waals surface area contributed by atoms with Crippen molar-refractivity contribution >= 4 is 21.7 Å². The average Bonchev–Trinajstić information content (AvgIpc) is 2.77. The Balaban J connectivity index is 2.20. The van der Waals surface area contributed by atoms with E-state index in [4.69, 9.17) is 5.10 Å². The standard InChI is InChI=1S/C17H24BrN3/c1-4-8-19-17-11-16(9-13(2)3)20-21(17)12-14-6-5-7-15(18)10-14/h5-7,10-11,13,19H,4,8-9,12H2,1-3H3. The van der Waals surface area contributed by atoms with E-state index >= 15 is 0 Å². The zero-order chi connectivity index (χ0) is 15.2. The second-order valence-electron chi connectivity index (χ2n) is 5.83. The van der Waals surface area contributed by atoms with Gasteiger partial charge in [0.2, 0.25) is 0 Å². The second-order valence-corrected chi connectivity index (χ2v) is 6.75. The molecule has 2 aromatic rings. The fourth-order valence-corrected chi connectivity index (χ4v) is 2.76. The Kier molecular flexibility index (Phi) is 5.85.